The number of anilines is 1. The van der Waals surface area contributed by atoms with Crippen LogP contribution in [0.1, 0.15) is 11.1 Å². The molecule has 2 rings (SSSR count). The molecule has 0 radical (unpaired) electrons. The Morgan fingerprint density at radius 2 is 1.86 bits per heavy atom. The molecule has 2 aromatic carbocycles. The van der Waals surface area contributed by atoms with Crippen LogP contribution in [0.25, 0.3) is 0 Å². The fourth-order valence-electron chi connectivity index (χ4n) is 1.90. The molecule has 21 heavy (non-hydrogen) atoms. The zero-order chi connectivity index (χ0) is 15.5. The number of hydrogen-bond acceptors (Lipinski definition) is 4. The summed E-state index contributed by atoms with van der Waals surface area (Å²) in [7, 11) is -3.62. The van der Waals surface area contributed by atoms with Gasteiger partial charge in [-0.25, -0.2) is 8.42 Å². The van der Waals surface area contributed by atoms with Crippen LogP contribution in [-0.2, 0) is 15.8 Å². The lowest BCUT2D eigenvalue weighted by Gasteiger charge is -2.08. The number of nitrogens with zero attached hydrogens (tertiary/aromatic N) is 1. The zero-order valence-electron chi connectivity index (χ0n) is 11.3. The average molecular weight is 306 g/mol. The molecule has 0 atom stereocenters. The Balaban J connectivity index is 2.18. The highest BCUT2D eigenvalue weighted by molar-refractivity contribution is 7.91. The highest BCUT2D eigenvalue weighted by Gasteiger charge is 2.14. The van der Waals surface area contributed by atoms with Gasteiger partial charge in [0, 0.05) is 17.8 Å². The van der Waals surface area contributed by atoms with E-state index in [0.717, 1.165) is 5.56 Å². The lowest BCUT2D eigenvalue weighted by Crippen LogP contribution is -2.15. The summed E-state index contributed by atoms with van der Waals surface area (Å²) in [6.07, 6.45) is 0. The van der Waals surface area contributed by atoms with Gasteiger partial charge >= 0.3 is 0 Å². The molecule has 0 bridgehead atoms. The third-order valence-electron chi connectivity index (χ3n) is 2.77. The van der Waals surface area contributed by atoms with E-state index < -0.39 is 14.9 Å². The highest BCUT2D eigenvalue weighted by atomic mass is 32.2. The third kappa shape index (κ3) is 4.28. The van der Waals surface area contributed by atoms with Crippen LogP contribution in [0.3, 0.4) is 0 Å². The Hall–Kier alpha value is -2.41. The van der Waals surface area contributed by atoms with Crippen molar-refractivity contribution in [3.8, 4) is 0 Å². The van der Waals surface area contributed by atoms with E-state index in [0.29, 0.717) is 11.3 Å². The molecule has 0 amide bonds. The average Bonchev–Trinajstić information content (AvgIpc) is 2.37. The Labute approximate surface area is 122 Å². The van der Waals surface area contributed by atoms with Crippen LogP contribution in [0, 0.1) is 17.0 Å². The van der Waals surface area contributed by atoms with Crippen molar-refractivity contribution >= 4 is 21.4 Å². The van der Waals surface area contributed by atoms with Crippen molar-refractivity contribution in [3.63, 3.8) is 0 Å². The Kier molecular flexibility index (Phi) is 4.23. The van der Waals surface area contributed by atoms with Crippen LogP contribution in [0.4, 0.5) is 11.4 Å². The van der Waals surface area contributed by atoms with Gasteiger partial charge in [0.2, 0.25) is 10.0 Å². The summed E-state index contributed by atoms with van der Waals surface area (Å²) in [4.78, 5) is 10.1. The number of sulfonamides is 1. The predicted molar refractivity (Wildman–Crippen MR) is 80.5 cm³/mol. The minimum Gasteiger partial charge on any atom is -0.283 e. The lowest BCUT2D eigenvalue weighted by molar-refractivity contribution is -0.384. The molecule has 7 heteroatoms. The van der Waals surface area contributed by atoms with Gasteiger partial charge in [-0.15, -0.1) is 0 Å². The molecule has 110 valence electrons. The molecule has 0 aliphatic heterocycles. The SMILES string of the molecule is Cc1cccc(NS(=O)(=O)Cc2cccc([N+](=O)[O-])c2)c1. The smallest absolute Gasteiger partial charge is 0.269 e. The standard InChI is InChI=1S/C14H14N2O4S/c1-11-4-2-6-13(8-11)15-21(19,20)10-12-5-3-7-14(9-12)16(17)18/h2-9,15H,10H2,1H3. The van der Waals surface area contributed by atoms with Gasteiger partial charge < -0.3 is 0 Å². The number of rotatable bonds is 5. The molecular formula is C14H14N2O4S. The van der Waals surface area contributed by atoms with Crippen molar-refractivity contribution in [3.05, 3.63) is 69.8 Å². The normalized spacial score (nSPS) is 11.1. The monoisotopic (exact) mass is 306 g/mol. The van der Waals surface area contributed by atoms with Gasteiger partial charge in [-0.2, -0.15) is 0 Å². The van der Waals surface area contributed by atoms with E-state index in [1.807, 2.05) is 13.0 Å². The van der Waals surface area contributed by atoms with E-state index in [2.05, 4.69) is 4.72 Å². The van der Waals surface area contributed by atoms with E-state index in [1.165, 1.54) is 18.2 Å². The summed E-state index contributed by atoms with van der Waals surface area (Å²) in [5.41, 5.74) is 1.65. The Morgan fingerprint density at radius 3 is 2.52 bits per heavy atom. The molecule has 0 aliphatic carbocycles. The number of non-ortho nitro benzene ring substituents is 1. The van der Waals surface area contributed by atoms with Gasteiger partial charge in [-0.3, -0.25) is 14.8 Å². The number of nitro groups is 1. The van der Waals surface area contributed by atoms with E-state index in [1.54, 1.807) is 24.3 Å². The maximum atomic E-state index is 12.1. The molecule has 0 saturated carbocycles. The Morgan fingerprint density at radius 1 is 1.14 bits per heavy atom. The number of nitro benzene ring substituents is 1. The third-order valence-corrected chi connectivity index (χ3v) is 4.03. The van der Waals surface area contributed by atoms with Crippen molar-refractivity contribution in [2.45, 2.75) is 12.7 Å². The van der Waals surface area contributed by atoms with Crippen molar-refractivity contribution in [1.82, 2.24) is 0 Å². The van der Waals surface area contributed by atoms with Gasteiger partial charge in [0.15, 0.2) is 0 Å². The van der Waals surface area contributed by atoms with Gasteiger partial charge in [0.25, 0.3) is 5.69 Å². The maximum Gasteiger partial charge on any atom is 0.269 e. The molecule has 0 saturated heterocycles. The van der Waals surface area contributed by atoms with E-state index in [9.17, 15) is 18.5 Å². The van der Waals surface area contributed by atoms with Gasteiger partial charge in [0.1, 0.15) is 0 Å². The van der Waals surface area contributed by atoms with Gasteiger partial charge in [0.05, 0.1) is 10.7 Å². The largest absolute Gasteiger partial charge is 0.283 e. The molecule has 6 nitrogen and oxygen atoms in total. The van der Waals surface area contributed by atoms with Crippen LogP contribution in [0.5, 0.6) is 0 Å². The Bertz CT molecular complexity index is 772. The highest BCUT2D eigenvalue weighted by Crippen LogP contribution is 2.17. The van der Waals surface area contributed by atoms with E-state index >= 15 is 0 Å². The molecule has 0 fully saturated rings. The first-order chi connectivity index (χ1) is 9.85. The van der Waals surface area contributed by atoms with Gasteiger partial charge in [-0.05, 0) is 30.2 Å². The topological polar surface area (TPSA) is 89.3 Å². The molecular weight excluding hydrogens is 292 g/mol. The molecule has 1 N–H and O–H groups in total. The summed E-state index contributed by atoms with van der Waals surface area (Å²) in [6, 6.07) is 12.6. The summed E-state index contributed by atoms with van der Waals surface area (Å²) in [5.74, 6) is -0.317. The second-order valence-electron chi connectivity index (χ2n) is 4.66. The second kappa shape index (κ2) is 5.92. The number of benzene rings is 2. The summed E-state index contributed by atoms with van der Waals surface area (Å²) in [6.45, 7) is 1.86. The van der Waals surface area contributed by atoms with Crippen molar-refractivity contribution < 1.29 is 13.3 Å². The van der Waals surface area contributed by atoms with Crippen LogP contribution in [-0.4, -0.2) is 13.3 Å². The number of nitrogens with one attached hydrogen (secondary N) is 1. The quantitative estimate of drug-likeness (QED) is 0.679. The number of hydrogen-bond donors (Lipinski definition) is 1. The number of aryl methyl sites for hydroxylation is 1. The first-order valence-corrected chi connectivity index (χ1v) is 7.81. The molecule has 0 unspecified atom stereocenters. The summed E-state index contributed by atoms with van der Waals surface area (Å²) in [5, 5.41) is 10.7. The van der Waals surface area contributed by atoms with Crippen molar-refractivity contribution in [2.75, 3.05) is 4.72 Å². The first-order valence-electron chi connectivity index (χ1n) is 6.16. The molecule has 0 aliphatic rings. The summed E-state index contributed by atoms with van der Waals surface area (Å²) < 4.78 is 26.6. The fourth-order valence-corrected chi connectivity index (χ4v) is 3.08. The first kappa shape index (κ1) is 15.0. The van der Waals surface area contributed by atoms with Crippen molar-refractivity contribution in [2.24, 2.45) is 0 Å². The fraction of sp³-hybridized carbons (Fsp3) is 0.143. The van der Waals surface area contributed by atoms with Crippen LogP contribution in [0.15, 0.2) is 48.5 Å². The zero-order valence-corrected chi connectivity index (χ0v) is 12.1. The molecule has 0 heterocycles. The second-order valence-corrected chi connectivity index (χ2v) is 6.38. The molecule has 0 spiro atoms. The van der Waals surface area contributed by atoms with Crippen LogP contribution in [0.2, 0.25) is 0 Å². The van der Waals surface area contributed by atoms with Crippen molar-refractivity contribution in [1.29, 1.82) is 0 Å². The van der Waals surface area contributed by atoms with Crippen LogP contribution >= 0.6 is 0 Å². The van der Waals surface area contributed by atoms with Crippen LogP contribution < -0.4 is 4.72 Å². The summed E-state index contributed by atoms with van der Waals surface area (Å²) >= 11 is 0. The van der Waals surface area contributed by atoms with E-state index in [4.69, 9.17) is 0 Å². The predicted octanol–water partition coefficient (Wildman–Crippen LogP) is 2.85. The lowest BCUT2D eigenvalue weighted by atomic mass is 10.2. The molecule has 0 aromatic heterocycles. The van der Waals surface area contributed by atoms with Gasteiger partial charge in [-0.1, -0.05) is 24.3 Å². The maximum absolute atomic E-state index is 12.1. The molecule has 2 aromatic rings. The minimum atomic E-state index is -3.62. The minimum absolute atomic E-state index is 0.127. The van der Waals surface area contributed by atoms with E-state index in [-0.39, 0.29) is 11.4 Å².